The lowest BCUT2D eigenvalue weighted by Gasteiger charge is -2.22. The number of benzene rings is 1. The number of aromatic nitrogens is 1. The Morgan fingerprint density at radius 3 is 2.42 bits per heavy atom. The Hall–Kier alpha value is -2.39. The molecule has 8 nitrogen and oxygen atoms in total. The van der Waals surface area contributed by atoms with Crippen LogP contribution in [0.3, 0.4) is 0 Å². The van der Waals surface area contributed by atoms with Gasteiger partial charge in [-0.2, -0.15) is 4.31 Å². The second-order valence-electron chi connectivity index (χ2n) is 6.33. The minimum Gasteiger partial charge on any atom is -0.399 e. The molecule has 0 atom stereocenters. The van der Waals surface area contributed by atoms with Gasteiger partial charge in [0.1, 0.15) is 10.6 Å². The van der Waals surface area contributed by atoms with Gasteiger partial charge in [-0.15, -0.1) is 0 Å². The third-order valence-corrected chi connectivity index (χ3v) is 6.61. The molecule has 1 aromatic heterocycles. The molecule has 0 aliphatic carbocycles. The minimum atomic E-state index is -3.70. The van der Waals surface area contributed by atoms with Crippen LogP contribution in [0.2, 0.25) is 0 Å². The number of hydrogen-bond acceptors (Lipinski definition) is 6. The maximum absolute atomic E-state index is 12.9. The van der Waals surface area contributed by atoms with Crippen molar-refractivity contribution in [2.75, 3.05) is 31.9 Å². The first kappa shape index (κ1) is 18.4. The van der Waals surface area contributed by atoms with Crippen molar-refractivity contribution in [2.24, 2.45) is 0 Å². The van der Waals surface area contributed by atoms with Gasteiger partial charge in [0, 0.05) is 37.4 Å². The maximum Gasteiger partial charge on any atom is 0.253 e. The second-order valence-corrected chi connectivity index (χ2v) is 8.20. The van der Waals surface area contributed by atoms with Crippen LogP contribution in [0, 0.1) is 13.8 Å². The molecule has 1 aliphatic heterocycles. The molecule has 0 radical (unpaired) electrons. The van der Waals surface area contributed by atoms with Gasteiger partial charge in [0.2, 0.25) is 10.0 Å². The molecule has 140 valence electrons. The fourth-order valence-corrected chi connectivity index (χ4v) is 4.88. The van der Waals surface area contributed by atoms with E-state index in [2.05, 4.69) is 5.16 Å². The molecule has 3 rings (SSSR count). The standard InChI is InChI=1S/C17H22N4O4S/c1-12-16(13(2)25-19-12)26(23,24)21-9-3-8-20(10-11-21)17(22)14-4-6-15(18)7-5-14/h4-7H,3,8-11,18H2,1-2H3. The molecule has 1 fully saturated rings. The van der Waals surface area contributed by atoms with Crippen molar-refractivity contribution in [1.29, 1.82) is 0 Å². The van der Waals surface area contributed by atoms with Crippen LogP contribution < -0.4 is 5.73 Å². The van der Waals surface area contributed by atoms with Crippen molar-refractivity contribution in [2.45, 2.75) is 25.2 Å². The van der Waals surface area contributed by atoms with Crippen molar-refractivity contribution < 1.29 is 17.7 Å². The largest absolute Gasteiger partial charge is 0.399 e. The zero-order valence-corrected chi connectivity index (χ0v) is 15.6. The lowest BCUT2D eigenvalue weighted by molar-refractivity contribution is 0.0764. The topological polar surface area (TPSA) is 110 Å². The summed E-state index contributed by atoms with van der Waals surface area (Å²) in [6, 6.07) is 6.72. The summed E-state index contributed by atoms with van der Waals surface area (Å²) in [5.74, 6) is 0.156. The zero-order valence-electron chi connectivity index (χ0n) is 14.8. The third kappa shape index (κ3) is 3.45. The van der Waals surface area contributed by atoms with Crippen LogP contribution >= 0.6 is 0 Å². The number of rotatable bonds is 3. The van der Waals surface area contributed by atoms with Crippen LogP contribution in [0.4, 0.5) is 5.69 Å². The van der Waals surface area contributed by atoms with Gasteiger partial charge in [0.15, 0.2) is 5.76 Å². The summed E-state index contributed by atoms with van der Waals surface area (Å²) in [6.45, 7) is 4.59. The molecule has 2 N–H and O–H groups in total. The molecule has 1 saturated heterocycles. The van der Waals surface area contributed by atoms with Gasteiger partial charge in [-0.05, 0) is 44.5 Å². The molecule has 2 aromatic rings. The molecule has 1 aromatic carbocycles. The SMILES string of the molecule is Cc1noc(C)c1S(=O)(=O)N1CCCN(C(=O)c2ccc(N)cc2)CC1. The van der Waals surface area contributed by atoms with E-state index in [9.17, 15) is 13.2 Å². The lowest BCUT2D eigenvalue weighted by atomic mass is 10.2. The average Bonchev–Trinajstić information content (AvgIpc) is 2.81. The summed E-state index contributed by atoms with van der Waals surface area (Å²) >= 11 is 0. The quantitative estimate of drug-likeness (QED) is 0.809. The number of carbonyl (C=O) groups is 1. The third-order valence-electron chi connectivity index (χ3n) is 4.47. The summed E-state index contributed by atoms with van der Waals surface area (Å²) < 4.78 is 32.3. The number of nitrogen functional groups attached to an aromatic ring is 1. The minimum absolute atomic E-state index is 0.121. The Balaban J connectivity index is 1.76. The monoisotopic (exact) mass is 378 g/mol. The molecule has 2 heterocycles. The van der Waals surface area contributed by atoms with E-state index in [1.807, 2.05) is 0 Å². The summed E-state index contributed by atoms with van der Waals surface area (Å²) in [7, 11) is -3.70. The number of nitrogens with two attached hydrogens (primary N) is 1. The Morgan fingerprint density at radius 2 is 1.81 bits per heavy atom. The fraction of sp³-hybridized carbons (Fsp3) is 0.412. The maximum atomic E-state index is 12.9. The van der Waals surface area contributed by atoms with Crippen molar-refractivity contribution in [3.63, 3.8) is 0 Å². The molecule has 26 heavy (non-hydrogen) atoms. The molecular weight excluding hydrogens is 356 g/mol. The van der Waals surface area contributed by atoms with Gasteiger partial charge < -0.3 is 15.2 Å². The highest BCUT2D eigenvalue weighted by molar-refractivity contribution is 7.89. The van der Waals surface area contributed by atoms with Gasteiger partial charge in [0.05, 0.1) is 0 Å². The van der Waals surface area contributed by atoms with E-state index < -0.39 is 10.0 Å². The number of anilines is 1. The van der Waals surface area contributed by atoms with Crippen LogP contribution in [0.25, 0.3) is 0 Å². The van der Waals surface area contributed by atoms with E-state index in [0.717, 1.165) is 0 Å². The van der Waals surface area contributed by atoms with Crippen LogP contribution in [-0.2, 0) is 10.0 Å². The second kappa shape index (κ2) is 7.08. The molecule has 9 heteroatoms. The van der Waals surface area contributed by atoms with Gasteiger partial charge in [-0.3, -0.25) is 4.79 Å². The number of sulfonamides is 1. The van der Waals surface area contributed by atoms with E-state index in [4.69, 9.17) is 10.3 Å². The van der Waals surface area contributed by atoms with E-state index in [0.29, 0.717) is 43.0 Å². The van der Waals surface area contributed by atoms with E-state index in [1.54, 1.807) is 43.0 Å². The molecule has 0 saturated carbocycles. The van der Waals surface area contributed by atoms with E-state index in [-0.39, 0.29) is 23.1 Å². The molecule has 0 bridgehead atoms. The van der Waals surface area contributed by atoms with Gasteiger partial charge in [0.25, 0.3) is 5.91 Å². The van der Waals surface area contributed by atoms with Crippen molar-refractivity contribution in [1.82, 2.24) is 14.4 Å². The average molecular weight is 378 g/mol. The van der Waals surface area contributed by atoms with Gasteiger partial charge in [-0.25, -0.2) is 8.42 Å². The van der Waals surface area contributed by atoms with Crippen LogP contribution in [0.1, 0.15) is 28.2 Å². The Morgan fingerprint density at radius 1 is 1.12 bits per heavy atom. The molecule has 0 unspecified atom stereocenters. The van der Waals surface area contributed by atoms with Crippen molar-refractivity contribution >= 4 is 21.6 Å². The van der Waals surface area contributed by atoms with Crippen LogP contribution in [0.15, 0.2) is 33.7 Å². The Kier molecular flexibility index (Phi) is 5.01. The summed E-state index contributed by atoms with van der Waals surface area (Å²) in [4.78, 5) is 14.4. The Labute approximate surface area is 152 Å². The van der Waals surface area contributed by atoms with Gasteiger partial charge in [-0.1, -0.05) is 5.16 Å². The molecule has 1 amide bonds. The highest BCUT2D eigenvalue weighted by atomic mass is 32.2. The highest BCUT2D eigenvalue weighted by Gasteiger charge is 2.33. The zero-order chi connectivity index (χ0) is 18.9. The normalized spacial score (nSPS) is 16.5. The summed E-state index contributed by atoms with van der Waals surface area (Å²) in [6.07, 6.45) is 0.559. The first-order valence-electron chi connectivity index (χ1n) is 8.38. The predicted octanol–water partition coefficient (Wildman–Crippen LogP) is 1.41. The van der Waals surface area contributed by atoms with Gasteiger partial charge >= 0.3 is 0 Å². The summed E-state index contributed by atoms with van der Waals surface area (Å²) in [5.41, 5.74) is 7.14. The number of hydrogen-bond donors (Lipinski definition) is 1. The number of nitrogens with zero attached hydrogens (tertiary/aromatic N) is 3. The number of carbonyl (C=O) groups excluding carboxylic acids is 1. The Bertz CT molecular complexity index is 886. The first-order chi connectivity index (χ1) is 12.3. The molecule has 0 spiro atoms. The van der Waals surface area contributed by atoms with Crippen molar-refractivity contribution in [3.05, 3.63) is 41.3 Å². The van der Waals surface area contributed by atoms with E-state index >= 15 is 0 Å². The lowest BCUT2D eigenvalue weighted by Crippen LogP contribution is -2.37. The highest BCUT2D eigenvalue weighted by Crippen LogP contribution is 2.24. The fourth-order valence-electron chi connectivity index (χ4n) is 3.12. The number of amides is 1. The summed E-state index contributed by atoms with van der Waals surface area (Å²) in [5, 5.41) is 3.74. The number of aryl methyl sites for hydroxylation is 2. The predicted molar refractivity (Wildman–Crippen MR) is 96.1 cm³/mol. The first-order valence-corrected chi connectivity index (χ1v) is 9.82. The smallest absolute Gasteiger partial charge is 0.253 e. The van der Waals surface area contributed by atoms with Crippen molar-refractivity contribution in [3.8, 4) is 0 Å². The van der Waals surface area contributed by atoms with Crippen LogP contribution in [-0.4, -0.2) is 54.9 Å². The van der Waals surface area contributed by atoms with Crippen LogP contribution in [0.5, 0.6) is 0 Å². The molecular formula is C17H22N4O4S. The molecule has 1 aliphatic rings. The van der Waals surface area contributed by atoms with E-state index in [1.165, 1.54) is 4.31 Å².